The molecule has 0 fully saturated rings. The molecule has 0 aromatic heterocycles. The summed E-state index contributed by atoms with van der Waals surface area (Å²) in [6, 6.07) is 9.63. The van der Waals surface area contributed by atoms with Crippen LogP contribution >= 0.6 is 23.5 Å². The van der Waals surface area contributed by atoms with Gasteiger partial charge in [0.1, 0.15) is 12.4 Å². The predicted molar refractivity (Wildman–Crippen MR) is 140 cm³/mol. The zero-order valence-electron chi connectivity index (χ0n) is 21.3. The van der Waals surface area contributed by atoms with E-state index in [0.29, 0.717) is 57.8 Å². The van der Waals surface area contributed by atoms with Gasteiger partial charge in [0.05, 0.1) is 59.1 Å². The number of para-hydroxylation sites is 1. The van der Waals surface area contributed by atoms with E-state index in [9.17, 15) is 9.59 Å². The summed E-state index contributed by atoms with van der Waals surface area (Å²) in [6.07, 6.45) is 0.445. The third-order valence-electron chi connectivity index (χ3n) is 3.85. The fraction of sp³-hybridized carbons (Fsp3) is 0.667. The zero-order chi connectivity index (χ0) is 25.8. The molecule has 1 aromatic carbocycles. The first-order valence-corrected chi connectivity index (χ1v) is 13.9. The minimum Gasteiger partial charge on any atom is -0.491 e. The number of carboxylic acids is 2. The maximum atomic E-state index is 10.3. The fourth-order valence-electron chi connectivity index (χ4n) is 2.18. The smallest absolute Gasteiger partial charge is 0.304 e. The van der Waals surface area contributed by atoms with Crippen LogP contribution in [-0.4, -0.2) is 105 Å². The molecule has 1 rings (SSSR count). The normalized spacial score (nSPS) is 10.1. The van der Waals surface area contributed by atoms with Crippen molar-refractivity contribution in [2.75, 3.05) is 82.5 Å². The summed E-state index contributed by atoms with van der Waals surface area (Å²) >= 11 is 3.20. The molecular weight excluding hydrogens is 562 g/mol. The van der Waals surface area contributed by atoms with E-state index >= 15 is 0 Å². The van der Waals surface area contributed by atoms with Gasteiger partial charge in [0.2, 0.25) is 0 Å². The maximum Gasteiger partial charge on any atom is 0.304 e. The Kier molecular flexibility index (Phi) is 31.4. The van der Waals surface area contributed by atoms with E-state index in [1.54, 1.807) is 23.5 Å². The van der Waals surface area contributed by atoms with Crippen molar-refractivity contribution in [3.63, 3.8) is 0 Å². The van der Waals surface area contributed by atoms with Crippen LogP contribution < -0.4 is 4.74 Å². The molecule has 2 N–H and O–H groups in total. The van der Waals surface area contributed by atoms with Crippen molar-refractivity contribution in [1.82, 2.24) is 0 Å². The Hall–Kier alpha value is -0.877. The molecule has 1 aromatic rings. The van der Waals surface area contributed by atoms with E-state index in [4.69, 9.17) is 33.9 Å². The number of carboxylic acid groups (broad SMARTS) is 2. The van der Waals surface area contributed by atoms with E-state index in [2.05, 4.69) is 0 Å². The maximum absolute atomic E-state index is 10.3. The molecule has 12 heteroatoms. The van der Waals surface area contributed by atoms with Crippen LogP contribution in [0.1, 0.15) is 19.8 Å². The molecule has 0 amide bonds. The van der Waals surface area contributed by atoms with Crippen LogP contribution in [0.15, 0.2) is 30.3 Å². The second kappa shape index (κ2) is 30.3. The van der Waals surface area contributed by atoms with Crippen molar-refractivity contribution in [3.05, 3.63) is 30.3 Å². The first-order valence-electron chi connectivity index (χ1n) is 11.6. The van der Waals surface area contributed by atoms with Gasteiger partial charge in [-0.15, -0.1) is 0 Å². The number of carbonyl (C=O) groups is 2. The average molecular weight is 602 g/mol. The number of aliphatic carboxylic acids is 2. The Morgan fingerprint density at radius 3 is 1.58 bits per heavy atom. The van der Waals surface area contributed by atoms with Crippen molar-refractivity contribution in [2.45, 2.75) is 19.8 Å². The molecule has 0 spiro atoms. The second-order valence-corrected chi connectivity index (χ2v) is 9.16. The topological polar surface area (TPSA) is 121 Å². The molecule has 0 aliphatic rings. The van der Waals surface area contributed by atoms with Crippen LogP contribution in [0.2, 0.25) is 0 Å². The van der Waals surface area contributed by atoms with Crippen molar-refractivity contribution in [3.8, 4) is 5.75 Å². The van der Waals surface area contributed by atoms with E-state index in [0.717, 1.165) is 30.5 Å². The van der Waals surface area contributed by atoms with Gasteiger partial charge in [-0.05, 0) is 19.1 Å². The molecule has 0 saturated carbocycles. The van der Waals surface area contributed by atoms with Gasteiger partial charge in [-0.25, -0.2) is 0 Å². The summed E-state index contributed by atoms with van der Waals surface area (Å²) in [5.74, 6) is 2.36. The Bertz CT molecular complexity index is 613. The third-order valence-corrected chi connectivity index (χ3v) is 5.75. The van der Waals surface area contributed by atoms with Crippen molar-refractivity contribution < 1.29 is 63.0 Å². The Labute approximate surface area is 236 Å². The zero-order valence-corrected chi connectivity index (χ0v) is 25.9. The van der Waals surface area contributed by atoms with E-state index in [-0.39, 0.29) is 32.3 Å². The van der Waals surface area contributed by atoms with Gasteiger partial charge in [-0.1, -0.05) is 18.2 Å². The van der Waals surface area contributed by atoms with E-state index in [1.165, 1.54) is 0 Å². The van der Waals surface area contributed by atoms with Gasteiger partial charge in [-0.2, -0.15) is 23.5 Å². The minimum absolute atomic E-state index is 0. The number of hydrogen-bond donors (Lipinski definition) is 2. The molecule has 0 bridgehead atoms. The molecule has 0 unspecified atom stereocenters. The Morgan fingerprint density at radius 1 is 0.667 bits per heavy atom. The summed E-state index contributed by atoms with van der Waals surface area (Å²) in [7, 11) is 0. The van der Waals surface area contributed by atoms with Crippen LogP contribution in [0, 0.1) is 0 Å². The summed E-state index contributed by atoms with van der Waals surface area (Å²) in [5, 5.41) is 16.8. The van der Waals surface area contributed by atoms with Crippen LogP contribution in [0.25, 0.3) is 0 Å². The monoisotopic (exact) mass is 600 g/mol. The number of benzene rings is 1. The Morgan fingerprint density at radius 2 is 1.11 bits per heavy atom. The number of ether oxygens (including phenoxy) is 5. The van der Waals surface area contributed by atoms with Crippen LogP contribution in [0.5, 0.6) is 5.75 Å². The summed E-state index contributed by atoms with van der Waals surface area (Å²) in [4.78, 5) is 20.3. The predicted octanol–water partition coefficient (Wildman–Crippen LogP) is 3.55. The van der Waals surface area contributed by atoms with Crippen molar-refractivity contribution >= 4 is 35.5 Å². The van der Waals surface area contributed by atoms with Gasteiger partial charge in [-0.3, -0.25) is 9.59 Å². The molecule has 0 saturated heterocycles. The third kappa shape index (κ3) is 31.2. The SMILES string of the molecule is CCOCCSCCC(=O)O.O=C(O)CCSCCOCCOCCOCCOc1ccccc1.[Zn]. The molecule has 0 atom stereocenters. The Balaban J connectivity index is 0. The van der Waals surface area contributed by atoms with Gasteiger partial charge >= 0.3 is 11.9 Å². The molecule has 9 nitrogen and oxygen atoms in total. The first kappa shape index (κ1) is 37.3. The average Bonchev–Trinajstić information content (AvgIpc) is 2.84. The molecule has 0 radical (unpaired) electrons. The quantitative estimate of drug-likeness (QED) is 0.141. The number of hydrogen-bond acceptors (Lipinski definition) is 9. The molecular formula is C24H40O9S2Zn. The van der Waals surface area contributed by atoms with Crippen molar-refractivity contribution in [2.24, 2.45) is 0 Å². The largest absolute Gasteiger partial charge is 0.491 e. The second-order valence-electron chi connectivity index (χ2n) is 6.71. The molecule has 0 aliphatic heterocycles. The summed E-state index contributed by atoms with van der Waals surface area (Å²) in [6.45, 7) is 7.20. The standard InChI is InChI=1S/C17H26O6S.C7H14O3S.Zn/c18-17(19)6-14-24-15-13-22-10-9-20-7-8-21-11-12-23-16-4-2-1-3-5-16;1-2-10-4-6-11-5-3-7(8)9;/h1-5H,6-15H2,(H,18,19);2-6H2,1H3,(H,8,9);. The molecule has 0 heterocycles. The molecule has 0 aliphatic carbocycles. The molecule has 36 heavy (non-hydrogen) atoms. The number of rotatable bonds is 23. The van der Waals surface area contributed by atoms with Crippen LogP contribution in [0.4, 0.5) is 0 Å². The van der Waals surface area contributed by atoms with Gasteiger partial charge < -0.3 is 33.9 Å². The van der Waals surface area contributed by atoms with E-state index in [1.807, 2.05) is 37.3 Å². The summed E-state index contributed by atoms with van der Waals surface area (Å²) < 4.78 is 26.7. The van der Waals surface area contributed by atoms with Gasteiger partial charge in [0.25, 0.3) is 0 Å². The van der Waals surface area contributed by atoms with Gasteiger partial charge in [0.15, 0.2) is 0 Å². The fourth-order valence-corrected chi connectivity index (χ4v) is 3.70. The number of thioether (sulfide) groups is 2. The minimum atomic E-state index is -0.759. The summed E-state index contributed by atoms with van der Waals surface area (Å²) in [5.41, 5.74) is 0. The van der Waals surface area contributed by atoms with E-state index < -0.39 is 11.9 Å². The van der Waals surface area contributed by atoms with Crippen molar-refractivity contribution in [1.29, 1.82) is 0 Å². The molecule has 204 valence electrons. The first-order chi connectivity index (χ1) is 17.1. The van der Waals surface area contributed by atoms with Crippen LogP contribution in [-0.2, 0) is 48.0 Å². The van der Waals surface area contributed by atoms with Crippen LogP contribution in [0.3, 0.4) is 0 Å². The van der Waals surface area contributed by atoms with Gasteiger partial charge in [0, 0.05) is 49.1 Å².